The van der Waals surface area contributed by atoms with E-state index in [2.05, 4.69) is 22.4 Å². The molecule has 0 amide bonds. The Hall–Kier alpha value is -2.74. The largest absolute Gasteiger partial charge is 0.384 e. The lowest BCUT2D eigenvalue weighted by Gasteiger charge is -2.23. The van der Waals surface area contributed by atoms with E-state index in [0.717, 1.165) is 35.5 Å². The monoisotopic (exact) mass is 391 g/mol. The topological polar surface area (TPSA) is 85.8 Å². The number of aromatic nitrogens is 2. The van der Waals surface area contributed by atoms with Crippen molar-refractivity contribution in [2.24, 2.45) is 5.10 Å². The van der Waals surface area contributed by atoms with Gasteiger partial charge < -0.3 is 20.1 Å². The summed E-state index contributed by atoms with van der Waals surface area (Å²) in [5.74, 6) is 0.728. The van der Waals surface area contributed by atoms with Crippen molar-refractivity contribution in [3.63, 3.8) is 0 Å². The molecule has 2 aliphatic heterocycles. The minimum atomic E-state index is -0.774. The fourth-order valence-electron chi connectivity index (χ4n) is 4.16. The van der Waals surface area contributed by atoms with Gasteiger partial charge in [-0.05, 0) is 30.2 Å². The molecule has 2 aliphatic rings. The van der Waals surface area contributed by atoms with Gasteiger partial charge in [0.2, 0.25) is 0 Å². The lowest BCUT2D eigenvalue weighted by Crippen LogP contribution is -2.32. The van der Waals surface area contributed by atoms with Crippen LogP contribution in [0.3, 0.4) is 0 Å². The molecule has 0 saturated carbocycles. The molecule has 0 bridgehead atoms. The average molecular weight is 391 g/mol. The highest BCUT2D eigenvalue weighted by Gasteiger charge is 2.39. The van der Waals surface area contributed by atoms with Gasteiger partial charge >= 0.3 is 0 Å². The third kappa shape index (κ3) is 3.21. The number of nitrogens with zero attached hydrogens (tertiary/aromatic N) is 3. The van der Waals surface area contributed by atoms with Crippen LogP contribution in [0.4, 0.5) is 0 Å². The summed E-state index contributed by atoms with van der Waals surface area (Å²) in [5, 5.41) is 21.2. The number of fused-ring (bicyclic) bond motifs is 2. The highest BCUT2D eigenvalue weighted by molar-refractivity contribution is 6.05. The van der Waals surface area contributed by atoms with Crippen molar-refractivity contribution in [2.45, 2.75) is 32.2 Å². The number of methoxy groups -OCH3 is 1. The molecule has 7 nitrogen and oxygen atoms in total. The van der Waals surface area contributed by atoms with E-state index in [9.17, 15) is 5.11 Å². The van der Waals surface area contributed by atoms with Crippen molar-refractivity contribution in [3.8, 4) is 0 Å². The Morgan fingerprint density at radius 1 is 1.17 bits per heavy atom. The number of H-pyrrole nitrogens is 1. The highest BCUT2D eigenvalue weighted by Crippen LogP contribution is 2.33. The summed E-state index contributed by atoms with van der Waals surface area (Å²) in [7, 11) is 1.67. The predicted molar refractivity (Wildman–Crippen MR) is 112 cm³/mol. The summed E-state index contributed by atoms with van der Waals surface area (Å²) < 4.78 is 5.26. The fourth-order valence-corrected chi connectivity index (χ4v) is 4.16. The first-order valence-corrected chi connectivity index (χ1v) is 9.95. The number of hydrogen-bond donors (Lipinski definition) is 3. The van der Waals surface area contributed by atoms with Crippen LogP contribution in [-0.2, 0) is 17.8 Å². The second-order valence-electron chi connectivity index (χ2n) is 7.76. The van der Waals surface area contributed by atoms with E-state index >= 15 is 0 Å². The van der Waals surface area contributed by atoms with Crippen molar-refractivity contribution in [3.05, 3.63) is 64.5 Å². The van der Waals surface area contributed by atoms with Gasteiger partial charge in [0.1, 0.15) is 18.0 Å². The van der Waals surface area contributed by atoms with Gasteiger partial charge in [-0.3, -0.25) is 5.01 Å². The summed E-state index contributed by atoms with van der Waals surface area (Å²) in [6.07, 6.45) is -0.774. The number of rotatable bonds is 5. The minimum absolute atomic E-state index is 0.373. The summed E-state index contributed by atoms with van der Waals surface area (Å²) in [4.78, 5) is 8.25. The van der Waals surface area contributed by atoms with E-state index in [-0.39, 0.29) is 6.04 Å². The zero-order valence-corrected chi connectivity index (χ0v) is 16.6. The van der Waals surface area contributed by atoms with Crippen molar-refractivity contribution in [1.29, 1.82) is 0 Å². The number of ether oxygens (including phenoxy) is 1. The van der Waals surface area contributed by atoms with Gasteiger partial charge in [-0.25, -0.2) is 4.98 Å². The molecule has 0 aliphatic carbocycles. The van der Waals surface area contributed by atoms with E-state index in [4.69, 9.17) is 14.8 Å². The van der Waals surface area contributed by atoms with E-state index < -0.39 is 6.10 Å². The number of hydrogen-bond acceptors (Lipinski definition) is 6. The Kier molecular flexibility index (Phi) is 4.58. The van der Waals surface area contributed by atoms with Crippen LogP contribution in [0.25, 0.3) is 11.0 Å². The molecule has 0 fully saturated rings. The molecule has 3 aromatic rings. The molecule has 0 spiro atoms. The Balaban J connectivity index is 1.52. The van der Waals surface area contributed by atoms with Crippen LogP contribution in [-0.4, -0.2) is 52.2 Å². The third-order valence-corrected chi connectivity index (χ3v) is 5.74. The quantitative estimate of drug-likeness (QED) is 0.621. The number of aliphatic hydroxyl groups excluding tert-OH is 1. The van der Waals surface area contributed by atoms with Crippen LogP contribution in [0, 0.1) is 6.92 Å². The summed E-state index contributed by atoms with van der Waals surface area (Å²) >= 11 is 0. The zero-order chi connectivity index (χ0) is 20.0. The number of aliphatic hydroxyl groups is 1. The van der Waals surface area contributed by atoms with Crippen LogP contribution in [0.15, 0.2) is 41.5 Å². The molecular weight excluding hydrogens is 366 g/mol. The summed E-state index contributed by atoms with van der Waals surface area (Å²) in [5.41, 5.74) is 7.26. The molecule has 0 radical (unpaired) electrons. The smallest absolute Gasteiger partial charge is 0.136 e. The van der Waals surface area contributed by atoms with Gasteiger partial charge in [-0.2, -0.15) is 5.10 Å². The fraction of sp³-hybridized carbons (Fsp3) is 0.364. The molecule has 3 N–H and O–H groups in total. The van der Waals surface area contributed by atoms with Crippen molar-refractivity contribution in [1.82, 2.24) is 20.3 Å². The first-order chi connectivity index (χ1) is 14.1. The maximum absolute atomic E-state index is 11.2. The Labute approximate surface area is 169 Å². The van der Waals surface area contributed by atoms with Crippen LogP contribution in [0.2, 0.25) is 0 Å². The van der Waals surface area contributed by atoms with Gasteiger partial charge in [0.15, 0.2) is 0 Å². The minimum Gasteiger partial charge on any atom is -0.384 e. The Bertz CT molecular complexity index is 1030. The molecule has 1 aromatic heterocycles. The Morgan fingerprint density at radius 2 is 1.93 bits per heavy atom. The third-order valence-electron chi connectivity index (χ3n) is 5.74. The molecule has 5 rings (SSSR count). The molecule has 3 heterocycles. The maximum Gasteiger partial charge on any atom is 0.136 e. The van der Waals surface area contributed by atoms with Crippen LogP contribution in [0.5, 0.6) is 0 Å². The first kappa shape index (κ1) is 18.3. The second kappa shape index (κ2) is 7.26. The van der Waals surface area contributed by atoms with E-state index in [0.29, 0.717) is 18.9 Å². The summed E-state index contributed by atoms with van der Waals surface area (Å²) in [6.45, 7) is 4.90. The van der Waals surface area contributed by atoms with E-state index in [1.807, 2.05) is 36.2 Å². The van der Waals surface area contributed by atoms with E-state index in [1.54, 1.807) is 7.11 Å². The normalized spacial score (nSPS) is 21.1. The van der Waals surface area contributed by atoms with Gasteiger partial charge in [0, 0.05) is 25.8 Å². The molecule has 2 aromatic carbocycles. The molecule has 150 valence electrons. The number of nitrogens with one attached hydrogen (secondary N) is 2. The van der Waals surface area contributed by atoms with Crippen LogP contribution in [0.1, 0.15) is 34.1 Å². The molecular formula is C22H25N5O2. The van der Waals surface area contributed by atoms with Crippen LogP contribution < -0.4 is 5.32 Å². The number of hydrazone groups is 1. The van der Waals surface area contributed by atoms with Crippen molar-refractivity contribution in [2.75, 3.05) is 20.3 Å². The SMILES string of the molecule is COCCN1N=C(c2ccc(C)cc2)C(O)C1c1nc2cc3c(cc2[nH]1)CNC3. The summed E-state index contributed by atoms with van der Waals surface area (Å²) in [6, 6.07) is 12.0. The van der Waals surface area contributed by atoms with Gasteiger partial charge in [0.05, 0.1) is 29.9 Å². The van der Waals surface area contributed by atoms with Gasteiger partial charge in [-0.1, -0.05) is 29.8 Å². The van der Waals surface area contributed by atoms with Gasteiger partial charge in [-0.15, -0.1) is 0 Å². The highest BCUT2D eigenvalue weighted by atomic mass is 16.5. The van der Waals surface area contributed by atoms with E-state index in [1.165, 1.54) is 16.7 Å². The van der Waals surface area contributed by atoms with Crippen LogP contribution >= 0.6 is 0 Å². The Morgan fingerprint density at radius 3 is 2.69 bits per heavy atom. The number of benzene rings is 2. The number of aryl methyl sites for hydroxylation is 1. The van der Waals surface area contributed by atoms with Crippen molar-refractivity contribution < 1.29 is 9.84 Å². The molecule has 29 heavy (non-hydrogen) atoms. The lowest BCUT2D eigenvalue weighted by molar-refractivity contribution is 0.0843. The number of imidazole rings is 1. The lowest BCUT2D eigenvalue weighted by atomic mass is 9.99. The molecule has 2 unspecified atom stereocenters. The van der Waals surface area contributed by atoms with Crippen molar-refractivity contribution >= 4 is 16.7 Å². The molecule has 2 atom stereocenters. The second-order valence-corrected chi connectivity index (χ2v) is 7.76. The first-order valence-electron chi connectivity index (χ1n) is 9.95. The maximum atomic E-state index is 11.2. The average Bonchev–Trinajstić information content (AvgIpc) is 3.41. The molecule has 0 saturated heterocycles. The molecule has 7 heteroatoms. The zero-order valence-electron chi connectivity index (χ0n) is 16.6. The van der Waals surface area contributed by atoms with Gasteiger partial charge in [0.25, 0.3) is 0 Å². The predicted octanol–water partition coefficient (Wildman–Crippen LogP) is 2.24. The number of aromatic amines is 1. The standard InChI is InChI=1S/C22H25N5O2/c1-13-3-5-14(6-4-13)19-21(28)20(27(26-19)7-8-29-2)22-24-17-9-15-11-23-12-16(15)10-18(17)25-22/h3-6,9-10,20-21,23,28H,7-8,11-12H2,1-2H3,(H,24,25).